The van der Waals surface area contributed by atoms with Gasteiger partial charge >= 0.3 is 260 Å². The third-order valence-corrected chi connectivity index (χ3v) is 18.7. The van der Waals surface area contributed by atoms with Gasteiger partial charge in [-0.1, -0.05) is 0 Å². The van der Waals surface area contributed by atoms with Crippen molar-refractivity contribution in [3.63, 3.8) is 0 Å². The number of allylic oxidation sites excluding steroid dienone is 4. The molecular weight excluding hydrogens is 643 g/mol. The van der Waals surface area contributed by atoms with Gasteiger partial charge in [0.15, 0.2) is 0 Å². The van der Waals surface area contributed by atoms with E-state index in [2.05, 4.69) is 150 Å². The number of rotatable bonds is 4. The topological polar surface area (TPSA) is 0 Å². The fraction of sp³-hybridized carbons (Fsp3) is 0.425. The summed E-state index contributed by atoms with van der Waals surface area (Å²) in [5.74, 6) is 1.06. The maximum atomic E-state index is 2.60. The van der Waals surface area contributed by atoms with E-state index in [1.54, 1.807) is 28.8 Å². The first kappa shape index (κ1) is 35.9. The minimum atomic E-state index is -2.60. The van der Waals surface area contributed by atoms with Gasteiger partial charge in [-0.25, -0.2) is 0 Å². The van der Waals surface area contributed by atoms with E-state index in [1.165, 1.54) is 33.4 Å². The van der Waals surface area contributed by atoms with Gasteiger partial charge in [-0.3, -0.25) is 0 Å². The van der Waals surface area contributed by atoms with Crippen molar-refractivity contribution in [2.75, 3.05) is 0 Å². The number of aryl methyl sites for hydroxylation is 1. The summed E-state index contributed by atoms with van der Waals surface area (Å²) in [4.78, 5) is 0. The molecule has 43 heavy (non-hydrogen) atoms. The van der Waals surface area contributed by atoms with Crippen LogP contribution in [0.15, 0.2) is 81.2 Å². The zero-order valence-electron chi connectivity index (χ0n) is 28.3. The van der Waals surface area contributed by atoms with E-state index in [0.29, 0.717) is 15.5 Å². The average molecular weight is 693 g/mol. The van der Waals surface area contributed by atoms with Crippen LogP contribution in [-0.2, 0) is 32.1 Å². The average Bonchev–Trinajstić information content (AvgIpc) is 3.37. The Balaban J connectivity index is 0.00000253. The second-order valence-electron chi connectivity index (χ2n) is 15.0. The molecule has 0 N–H and O–H groups in total. The molecule has 0 amide bonds. The smallest absolute Gasteiger partial charge is 1.00 e. The van der Waals surface area contributed by atoms with Crippen molar-refractivity contribution in [3.8, 4) is 11.1 Å². The zero-order valence-corrected chi connectivity index (χ0v) is 32.3. The molecule has 0 saturated heterocycles. The summed E-state index contributed by atoms with van der Waals surface area (Å²) >= 11 is -2.60. The van der Waals surface area contributed by atoms with Gasteiger partial charge in [-0.15, -0.1) is 0 Å². The summed E-state index contributed by atoms with van der Waals surface area (Å²) in [7, 11) is 0. The SMILES string of the molecule is CC1=[C](/[Zr+2](=[C](/C)c2ccc(C)cc2)[CH]2c3cc(C(C)(C)C)ccc3-c3ccc(C(C)(C)C)cc32)C(C)C=C1C(C)C.[Cl-].[Cl-]. The molecule has 0 aliphatic heterocycles. The molecule has 0 aromatic heterocycles. The molecule has 0 heterocycles. The van der Waals surface area contributed by atoms with E-state index < -0.39 is 21.3 Å². The van der Waals surface area contributed by atoms with Crippen molar-refractivity contribution in [1.29, 1.82) is 0 Å². The fourth-order valence-electron chi connectivity index (χ4n) is 7.09. The molecular formula is C40H50Cl2Zr. The molecule has 2 aliphatic carbocycles. The molecule has 5 rings (SSSR count). The van der Waals surface area contributed by atoms with Crippen LogP contribution < -0.4 is 24.8 Å². The fourth-order valence-corrected chi connectivity index (χ4v) is 16.5. The summed E-state index contributed by atoms with van der Waals surface area (Å²) in [6, 6.07) is 24.3. The third kappa shape index (κ3) is 6.71. The molecule has 228 valence electrons. The van der Waals surface area contributed by atoms with E-state index in [-0.39, 0.29) is 35.6 Å². The summed E-state index contributed by atoms with van der Waals surface area (Å²) in [5, 5.41) is 0. The summed E-state index contributed by atoms with van der Waals surface area (Å²) in [5.41, 5.74) is 15.2. The molecule has 0 spiro atoms. The van der Waals surface area contributed by atoms with E-state index in [4.69, 9.17) is 0 Å². The van der Waals surface area contributed by atoms with Gasteiger partial charge in [0.25, 0.3) is 0 Å². The molecule has 3 heteroatoms. The third-order valence-electron chi connectivity index (χ3n) is 9.56. The summed E-state index contributed by atoms with van der Waals surface area (Å²) in [6.45, 7) is 28.5. The number of hydrogen-bond donors (Lipinski definition) is 0. The number of fused-ring (bicyclic) bond motifs is 3. The minimum absolute atomic E-state index is 0. The van der Waals surface area contributed by atoms with Gasteiger partial charge in [-0.05, 0) is 0 Å². The van der Waals surface area contributed by atoms with E-state index in [0.717, 1.165) is 0 Å². The van der Waals surface area contributed by atoms with Crippen LogP contribution in [0.2, 0.25) is 0 Å². The molecule has 0 radical (unpaired) electrons. The Bertz CT molecular complexity index is 1540. The maximum Gasteiger partial charge on any atom is -1.00 e. The first-order chi connectivity index (χ1) is 19.1. The van der Waals surface area contributed by atoms with E-state index in [9.17, 15) is 0 Å². The van der Waals surface area contributed by atoms with Crippen LogP contribution in [0, 0.1) is 18.8 Å². The quantitative estimate of drug-likeness (QED) is 0.360. The first-order valence-electron chi connectivity index (χ1n) is 15.6. The molecule has 0 nitrogen and oxygen atoms in total. The molecule has 3 aromatic rings. The largest absolute Gasteiger partial charge is 1.00 e. The van der Waals surface area contributed by atoms with Crippen LogP contribution >= 0.6 is 0 Å². The molecule has 1 atom stereocenters. The minimum Gasteiger partial charge on any atom is -1.00 e. The Labute approximate surface area is 282 Å². The van der Waals surface area contributed by atoms with Gasteiger partial charge in [-0.2, -0.15) is 0 Å². The van der Waals surface area contributed by atoms with Crippen LogP contribution in [-0.4, -0.2) is 3.21 Å². The Kier molecular flexibility index (Phi) is 10.9. The van der Waals surface area contributed by atoms with Crippen LogP contribution in [0.4, 0.5) is 0 Å². The molecule has 0 saturated carbocycles. The van der Waals surface area contributed by atoms with Gasteiger partial charge in [0.05, 0.1) is 0 Å². The van der Waals surface area contributed by atoms with E-state index in [1.807, 2.05) is 0 Å². The van der Waals surface area contributed by atoms with Crippen LogP contribution in [0.1, 0.15) is 113 Å². The van der Waals surface area contributed by atoms with Crippen LogP contribution in [0.3, 0.4) is 0 Å². The van der Waals surface area contributed by atoms with Crippen molar-refractivity contribution in [2.45, 2.75) is 97.5 Å². The second-order valence-corrected chi connectivity index (χ2v) is 21.7. The molecule has 0 fully saturated rings. The van der Waals surface area contributed by atoms with Crippen LogP contribution in [0.5, 0.6) is 0 Å². The predicted molar refractivity (Wildman–Crippen MR) is 177 cm³/mol. The summed E-state index contributed by atoms with van der Waals surface area (Å²) in [6.07, 6.45) is 2.60. The standard InChI is InChI=1S/C21H25.C10H15.C9H10.2ClH.Zr/c1-20(2,3)16-7-9-18-14(12-16)11-15-13-17(21(4,5)6)8-10-19(15)18;1-7(2)10-6-8(3)5-9(10)4;1-3-9-6-4-8(2)5-7-9;;;/h7-13H,1-6H3;6-8H,1-4H3;4-7H,1-2H3;2*1H;/q;;;;;+2/p-2. The van der Waals surface area contributed by atoms with Crippen molar-refractivity contribution < 1.29 is 46.1 Å². The Morgan fingerprint density at radius 2 is 1.19 bits per heavy atom. The Morgan fingerprint density at radius 3 is 1.58 bits per heavy atom. The normalized spacial score (nSPS) is 16.8. The summed E-state index contributed by atoms with van der Waals surface area (Å²) < 4.78 is 3.96. The zero-order chi connectivity index (χ0) is 30.0. The van der Waals surface area contributed by atoms with Crippen molar-refractivity contribution >= 4 is 3.21 Å². The molecule has 3 aromatic carbocycles. The Hall–Kier alpha value is -1.53. The molecule has 1 unspecified atom stereocenters. The molecule has 0 bridgehead atoms. The van der Waals surface area contributed by atoms with Crippen LogP contribution in [0.25, 0.3) is 11.1 Å². The second kappa shape index (κ2) is 13.1. The monoisotopic (exact) mass is 690 g/mol. The first-order valence-corrected chi connectivity index (χ1v) is 19.5. The number of hydrogen-bond acceptors (Lipinski definition) is 0. The van der Waals surface area contributed by atoms with Gasteiger partial charge in [0.2, 0.25) is 0 Å². The molecule has 2 aliphatic rings. The number of halogens is 2. The Morgan fingerprint density at radius 1 is 0.721 bits per heavy atom. The van der Waals surface area contributed by atoms with Gasteiger partial charge in [0, 0.05) is 0 Å². The predicted octanol–water partition coefficient (Wildman–Crippen LogP) is 5.03. The van der Waals surface area contributed by atoms with Crippen molar-refractivity contribution in [2.24, 2.45) is 11.8 Å². The van der Waals surface area contributed by atoms with E-state index >= 15 is 0 Å². The number of benzene rings is 3. The van der Waals surface area contributed by atoms with Crippen molar-refractivity contribution in [3.05, 3.63) is 115 Å². The van der Waals surface area contributed by atoms with Gasteiger partial charge in [0.1, 0.15) is 0 Å². The maximum absolute atomic E-state index is 2.60. The van der Waals surface area contributed by atoms with Gasteiger partial charge < -0.3 is 24.8 Å². The van der Waals surface area contributed by atoms with Crippen molar-refractivity contribution in [1.82, 2.24) is 0 Å².